The van der Waals surface area contributed by atoms with Crippen molar-refractivity contribution in [1.29, 1.82) is 0 Å². The predicted octanol–water partition coefficient (Wildman–Crippen LogP) is 4.77. The van der Waals surface area contributed by atoms with E-state index >= 15 is 0 Å². The molecular weight excluding hydrogens is 504 g/mol. The first kappa shape index (κ1) is 29.9. The average molecular weight is 543 g/mol. The Balaban J connectivity index is 0.00000103. The van der Waals surface area contributed by atoms with E-state index in [-0.39, 0.29) is 6.01 Å². The van der Waals surface area contributed by atoms with Gasteiger partial charge in [0.05, 0.1) is 29.9 Å². The van der Waals surface area contributed by atoms with Crippen LogP contribution >= 0.6 is 0 Å². The second kappa shape index (κ2) is 14.5. The van der Waals surface area contributed by atoms with Crippen LogP contribution in [0.5, 0.6) is 6.01 Å². The molecule has 1 amide bonds. The molecular formula is C30H38N8O2. The highest BCUT2D eigenvalue weighted by Gasteiger charge is 2.20. The minimum Gasteiger partial charge on any atom is -0.463 e. The van der Waals surface area contributed by atoms with E-state index in [9.17, 15) is 4.79 Å². The Kier molecular flexibility index (Phi) is 10.9. The zero-order chi connectivity index (χ0) is 29.1. The van der Waals surface area contributed by atoms with Gasteiger partial charge in [0.15, 0.2) is 0 Å². The highest BCUT2D eigenvalue weighted by molar-refractivity contribution is 5.99. The van der Waals surface area contributed by atoms with E-state index in [4.69, 9.17) is 16.2 Å². The Morgan fingerprint density at radius 1 is 1.10 bits per heavy atom. The summed E-state index contributed by atoms with van der Waals surface area (Å²) in [7, 11) is 0. The molecule has 0 spiro atoms. The van der Waals surface area contributed by atoms with Crippen molar-refractivity contribution in [2.45, 2.75) is 53.9 Å². The first-order chi connectivity index (χ1) is 19.3. The number of nitrogens with two attached hydrogens (primary N) is 2. The Morgan fingerprint density at radius 3 is 2.55 bits per heavy atom. The van der Waals surface area contributed by atoms with Gasteiger partial charge >= 0.3 is 6.01 Å². The fourth-order valence-electron chi connectivity index (χ4n) is 3.80. The van der Waals surface area contributed by atoms with Crippen LogP contribution in [0.3, 0.4) is 0 Å². The number of carbonyl (C=O) groups excluding carboxylic acids is 1. The maximum atomic E-state index is 12.0. The number of allylic oxidation sites excluding steroid dienone is 3. The summed E-state index contributed by atoms with van der Waals surface area (Å²) in [6.07, 6.45) is 11.7. The second-order valence-corrected chi connectivity index (χ2v) is 9.43. The number of aromatic nitrogens is 6. The number of benzene rings is 1. The molecule has 1 atom stereocenters. The van der Waals surface area contributed by atoms with E-state index in [1.165, 1.54) is 19.2 Å². The topological polar surface area (TPSA) is 159 Å². The van der Waals surface area contributed by atoms with Crippen LogP contribution in [0.25, 0.3) is 22.0 Å². The number of amides is 1. The summed E-state index contributed by atoms with van der Waals surface area (Å²) < 4.78 is 5.75. The highest BCUT2D eigenvalue weighted by Crippen LogP contribution is 2.33. The number of ether oxygens (including phenoxy) is 1. The average Bonchev–Trinajstić information content (AvgIpc) is 3.45. The molecule has 40 heavy (non-hydrogen) atoms. The smallest absolute Gasteiger partial charge is 0.316 e. The summed E-state index contributed by atoms with van der Waals surface area (Å²) in [5, 5.41) is 8.06. The summed E-state index contributed by atoms with van der Waals surface area (Å²) in [6.45, 7) is 10.3. The molecule has 3 heterocycles. The van der Waals surface area contributed by atoms with Crippen molar-refractivity contribution in [3.8, 4) is 6.01 Å². The number of aromatic amines is 1. The molecule has 1 unspecified atom stereocenters. The molecule has 0 aliphatic heterocycles. The van der Waals surface area contributed by atoms with Gasteiger partial charge in [-0.15, -0.1) is 0 Å². The van der Waals surface area contributed by atoms with Crippen LogP contribution in [-0.4, -0.2) is 42.6 Å². The van der Waals surface area contributed by atoms with Gasteiger partial charge in [0.2, 0.25) is 5.91 Å². The van der Waals surface area contributed by atoms with Gasteiger partial charge in [0.25, 0.3) is 0 Å². The van der Waals surface area contributed by atoms with E-state index in [0.717, 1.165) is 33.3 Å². The molecule has 0 saturated carbocycles. The summed E-state index contributed by atoms with van der Waals surface area (Å²) in [4.78, 5) is 28.9. The molecule has 0 bridgehead atoms. The highest BCUT2D eigenvalue weighted by atomic mass is 16.5. The molecule has 0 saturated heterocycles. The van der Waals surface area contributed by atoms with Crippen LogP contribution < -0.4 is 16.2 Å². The number of primary amides is 1. The Hall–Kier alpha value is -4.60. The maximum absolute atomic E-state index is 12.0. The summed E-state index contributed by atoms with van der Waals surface area (Å²) >= 11 is 0. The van der Waals surface area contributed by atoms with Crippen LogP contribution in [0.15, 0.2) is 61.0 Å². The molecule has 0 aliphatic carbocycles. The number of nitrogens with one attached hydrogen (secondary N) is 1. The third-order valence-electron chi connectivity index (χ3n) is 6.44. The molecule has 0 aliphatic rings. The summed E-state index contributed by atoms with van der Waals surface area (Å²) in [5.74, 6) is -1.17. The van der Waals surface area contributed by atoms with Gasteiger partial charge in [-0.25, -0.2) is 15.0 Å². The molecule has 5 N–H and O–H groups in total. The van der Waals surface area contributed by atoms with Crippen LogP contribution in [-0.2, 0) is 11.2 Å². The molecule has 10 nitrogen and oxygen atoms in total. The Bertz CT molecular complexity index is 1480. The number of nitrogens with zero attached hydrogens (tertiary/aromatic N) is 5. The number of unbranched alkanes of at least 4 members (excludes halogenated alkanes) is 1. The van der Waals surface area contributed by atoms with Crippen molar-refractivity contribution in [2.24, 2.45) is 17.4 Å². The van der Waals surface area contributed by atoms with Crippen LogP contribution in [0, 0.1) is 12.8 Å². The van der Waals surface area contributed by atoms with Gasteiger partial charge in [-0.05, 0) is 61.7 Å². The quantitative estimate of drug-likeness (QED) is 0.242. The van der Waals surface area contributed by atoms with Gasteiger partial charge in [-0.2, -0.15) is 10.1 Å². The molecule has 1 aromatic carbocycles. The van der Waals surface area contributed by atoms with Crippen molar-refractivity contribution in [3.05, 3.63) is 83.5 Å². The lowest BCUT2D eigenvalue weighted by atomic mass is 9.90. The SMILES string of the molecule is C/C(=C\C(=C(\N)C(C)C(N)=O)c1c(C)ccc2[nH]ncc12)c1ccnc(OCCc2ccncn2)n1.CCCC. The van der Waals surface area contributed by atoms with Crippen molar-refractivity contribution >= 4 is 28.0 Å². The lowest BCUT2D eigenvalue weighted by Crippen LogP contribution is -2.26. The van der Waals surface area contributed by atoms with Crippen molar-refractivity contribution in [3.63, 3.8) is 0 Å². The van der Waals surface area contributed by atoms with Gasteiger partial charge in [-0.1, -0.05) is 32.8 Å². The van der Waals surface area contributed by atoms with E-state index < -0.39 is 11.8 Å². The zero-order valence-electron chi connectivity index (χ0n) is 23.8. The number of H-pyrrole nitrogens is 1. The fraction of sp³-hybridized carbons (Fsp3) is 0.333. The molecule has 0 fully saturated rings. The fourth-order valence-corrected chi connectivity index (χ4v) is 3.80. The number of hydrogen-bond donors (Lipinski definition) is 3. The van der Waals surface area contributed by atoms with Crippen molar-refractivity contribution in [2.75, 3.05) is 6.61 Å². The number of hydrogen-bond acceptors (Lipinski definition) is 8. The minimum atomic E-state index is -0.670. The maximum Gasteiger partial charge on any atom is 0.316 e. The molecule has 0 radical (unpaired) electrons. The van der Waals surface area contributed by atoms with Crippen molar-refractivity contribution < 1.29 is 9.53 Å². The second-order valence-electron chi connectivity index (χ2n) is 9.43. The van der Waals surface area contributed by atoms with E-state index in [2.05, 4.69) is 44.0 Å². The molecule has 3 aromatic heterocycles. The van der Waals surface area contributed by atoms with Gasteiger partial charge in [0, 0.05) is 41.2 Å². The monoisotopic (exact) mass is 542 g/mol. The normalized spacial score (nSPS) is 12.8. The third-order valence-corrected chi connectivity index (χ3v) is 6.44. The first-order valence-electron chi connectivity index (χ1n) is 13.4. The molecule has 10 heteroatoms. The third kappa shape index (κ3) is 7.72. The standard InChI is InChI=1S/C26H28N8O2.C4H10/c1-15-4-5-22-20(13-32-34-22)23(15)19(24(27)17(3)25(28)35)12-16(2)21-7-10-30-26(33-21)36-11-8-18-6-9-29-14-31-18;1-3-4-2/h4-7,9-10,12-14,17H,8,11,27H2,1-3H3,(H2,28,35)(H,32,34);3-4H2,1-2H3/b16-12+,24-19-;. The van der Waals surface area contributed by atoms with E-state index in [0.29, 0.717) is 30.0 Å². The van der Waals surface area contributed by atoms with Crippen molar-refractivity contribution in [1.82, 2.24) is 30.1 Å². The lowest BCUT2D eigenvalue weighted by Gasteiger charge is -2.17. The van der Waals surface area contributed by atoms with Gasteiger partial charge < -0.3 is 16.2 Å². The Labute approximate surface area is 235 Å². The first-order valence-corrected chi connectivity index (χ1v) is 13.4. The van der Waals surface area contributed by atoms with Gasteiger partial charge in [-0.3, -0.25) is 9.89 Å². The number of carbonyl (C=O) groups is 1. The summed E-state index contributed by atoms with van der Waals surface area (Å²) in [6, 6.07) is 7.82. The van der Waals surface area contributed by atoms with Crippen LogP contribution in [0.4, 0.5) is 0 Å². The molecule has 210 valence electrons. The minimum absolute atomic E-state index is 0.256. The number of rotatable bonds is 10. The largest absolute Gasteiger partial charge is 0.463 e. The van der Waals surface area contributed by atoms with Crippen LogP contribution in [0.2, 0.25) is 0 Å². The zero-order valence-corrected chi connectivity index (χ0v) is 23.8. The van der Waals surface area contributed by atoms with E-state index in [1.54, 1.807) is 31.6 Å². The summed E-state index contributed by atoms with van der Waals surface area (Å²) in [5.41, 5.74) is 18.3. The molecule has 4 aromatic rings. The predicted molar refractivity (Wildman–Crippen MR) is 158 cm³/mol. The van der Waals surface area contributed by atoms with Crippen LogP contribution in [0.1, 0.15) is 63.1 Å². The lowest BCUT2D eigenvalue weighted by molar-refractivity contribution is -0.120. The van der Waals surface area contributed by atoms with E-state index in [1.807, 2.05) is 38.1 Å². The Morgan fingerprint density at radius 2 is 1.88 bits per heavy atom. The number of fused-ring (bicyclic) bond motifs is 1. The number of aryl methyl sites for hydroxylation is 1. The molecule has 4 rings (SSSR count). The van der Waals surface area contributed by atoms with Gasteiger partial charge in [0.1, 0.15) is 6.33 Å².